The second kappa shape index (κ2) is 38.1. The second-order valence-electron chi connectivity index (χ2n) is 22.9. The third-order valence-electron chi connectivity index (χ3n) is 17.0. The van der Waals surface area contributed by atoms with E-state index < -0.39 is 84.1 Å². The average Bonchev–Trinajstić information content (AvgIpc) is 1.68. The van der Waals surface area contributed by atoms with Crippen LogP contribution < -0.4 is 54.0 Å². The standard InChI is InChI=1S/C60H94N12O11.C2HF3O2/c1-5-45(63-3)53(73)69-51-41(27-29-61)19-21-43-23-25-47(71(43)59(51)79)55(75)67-49(39-15-9-7-10-16-39)57(77)65-31-13-33-81-35-37-83-38-36-82-34-14-32-66-58(78)50(40-17-11-8-12-18-40)68-56(76)48-26-24-44-22-20-42(28-30-62)52(60(80)72(44)48)70-54(74)46(6-2)64-4;3-2(4,5)1(6)7/h7-12,15-18,41-52,63-64H,5-6,13-14,19-38,61-62H2,1-4H3,(H,65,77)(H,66,78)(H,67,75)(H,68,76)(H,69,73)(H,70,74);(H,6,7)/t41-,42-,43+,44+,45+,46+,47+,48+,49+,50+,51+,52+;/m1./s1. The van der Waals surface area contributed by atoms with Crippen LogP contribution in [0.25, 0.3) is 0 Å². The smallest absolute Gasteiger partial charge is 0.475 e. The molecule has 0 bridgehead atoms. The Kier molecular flexibility index (Phi) is 31.3. The number of hydrogen-bond acceptors (Lipinski definition) is 16. The Hall–Kier alpha value is -6.82. The van der Waals surface area contributed by atoms with Crippen LogP contribution in [0.15, 0.2) is 60.7 Å². The van der Waals surface area contributed by atoms with E-state index in [1.165, 1.54) is 0 Å². The molecule has 4 saturated heterocycles. The largest absolute Gasteiger partial charge is 0.490 e. The first kappa shape index (κ1) is 73.9. The summed E-state index contributed by atoms with van der Waals surface area (Å²) >= 11 is 0. The normalized spacial score (nSPS) is 22.8. The molecule has 4 aliphatic rings. The number of fused-ring (bicyclic) bond motifs is 2. The number of ether oxygens (including phenoxy) is 3. The number of rotatable bonds is 34. The van der Waals surface area contributed by atoms with Crippen molar-refractivity contribution >= 4 is 53.2 Å². The zero-order chi connectivity index (χ0) is 65.8. The summed E-state index contributed by atoms with van der Waals surface area (Å²) in [6, 6.07) is 11.4. The van der Waals surface area contributed by atoms with Crippen molar-refractivity contribution in [3.63, 3.8) is 0 Å². The quantitative estimate of drug-likeness (QED) is 0.0443. The number of carboxylic acid groups (broad SMARTS) is 1. The number of amides is 8. The average molecular weight is 1270 g/mol. The summed E-state index contributed by atoms with van der Waals surface area (Å²) in [4.78, 5) is 123. The first-order valence-corrected chi connectivity index (χ1v) is 31.5. The van der Waals surface area contributed by atoms with Crippen molar-refractivity contribution in [1.29, 1.82) is 0 Å². The molecule has 25 nitrogen and oxygen atoms in total. The van der Waals surface area contributed by atoms with E-state index in [4.69, 9.17) is 35.6 Å². The first-order chi connectivity index (χ1) is 43.2. The molecule has 502 valence electrons. The van der Waals surface area contributed by atoms with Crippen molar-refractivity contribution in [3.8, 4) is 0 Å². The number of nitrogens with one attached hydrogen (secondary N) is 8. The van der Waals surface area contributed by atoms with Gasteiger partial charge in [0, 0.05) is 38.4 Å². The van der Waals surface area contributed by atoms with Gasteiger partial charge in [0.25, 0.3) is 0 Å². The lowest BCUT2D eigenvalue weighted by molar-refractivity contribution is -0.192. The Morgan fingerprint density at radius 1 is 0.556 bits per heavy atom. The van der Waals surface area contributed by atoms with E-state index >= 15 is 0 Å². The molecule has 12 atom stereocenters. The van der Waals surface area contributed by atoms with Gasteiger partial charge in [0.15, 0.2) is 0 Å². The number of nitrogens with zero attached hydrogens (tertiary/aromatic N) is 2. The van der Waals surface area contributed by atoms with Gasteiger partial charge in [-0.05, 0) is 140 Å². The lowest BCUT2D eigenvalue weighted by atomic mass is 9.90. The highest BCUT2D eigenvalue weighted by atomic mass is 19.4. The third-order valence-corrected chi connectivity index (χ3v) is 17.0. The van der Waals surface area contributed by atoms with E-state index in [0.717, 1.165) is 0 Å². The SMILES string of the molecule is CC[C@H](NC)C(=O)N[C@@H]1C(=O)N2[C@@H](CC[C@@H]1CCN)CC[C@H]2C(=O)N[C@H](C(=O)NCCCOCCOCCOCCCNC(=O)[C@@H](NC(=O)[C@@H]1CC[C@@H]2CC[C@H](CCN)[C@H](NC(=O)[C@H](CC)NC)C(=O)N21)c1ccccc1)c1ccccc1.O=C(O)C(F)(F)F. The number of halogens is 3. The van der Waals surface area contributed by atoms with Crippen LogP contribution in [0.2, 0.25) is 0 Å². The molecule has 0 saturated carbocycles. The van der Waals surface area contributed by atoms with Crippen molar-refractivity contribution in [2.24, 2.45) is 23.3 Å². The lowest BCUT2D eigenvalue weighted by Gasteiger charge is -2.33. The fraction of sp³-hybridized carbons (Fsp3) is 0.661. The van der Waals surface area contributed by atoms with Crippen LogP contribution >= 0.6 is 0 Å². The molecule has 28 heteroatoms. The lowest BCUT2D eigenvalue weighted by Crippen LogP contribution is -2.58. The van der Waals surface area contributed by atoms with Crippen molar-refractivity contribution in [2.45, 2.75) is 170 Å². The van der Waals surface area contributed by atoms with Gasteiger partial charge in [-0.2, -0.15) is 13.2 Å². The maximum atomic E-state index is 14.3. The molecule has 90 heavy (non-hydrogen) atoms. The van der Waals surface area contributed by atoms with Crippen LogP contribution in [0.4, 0.5) is 13.2 Å². The van der Waals surface area contributed by atoms with Crippen LogP contribution in [0, 0.1) is 11.8 Å². The number of alkyl halides is 3. The highest BCUT2D eigenvalue weighted by molar-refractivity contribution is 5.97. The molecule has 4 heterocycles. The van der Waals surface area contributed by atoms with Crippen molar-refractivity contribution < 1.29 is 75.6 Å². The number of nitrogens with two attached hydrogens (primary N) is 2. The topological polar surface area (TPSA) is 356 Å². The minimum Gasteiger partial charge on any atom is -0.475 e. The van der Waals surface area contributed by atoms with Gasteiger partial charge in [-0.25, -0.2) is 4.79 Å². The van der Waals surface area contributed by atoms with Crippen molar-refractivity contribution in [1.82, 2.24) is 52.3 Å². The molecule has 0 spiro atoms. The molecule has 4 fully saturated rings. The Morgan fingerprint density at radius 3 is 1.22 bits per heavy atom. The molecule has 6 rings (SSSR count). The Balaban J connectivity index is 0.00000198. The maximum Gasteiger partial charge on any atom is 0.490 e. The summed E-state index contributed by atoms with van der Waals surface area (Å²) in [6.45, 7) is 7.11. The predicted octanol–water partition coefficient (Wildman–Crippen LogP) is 1.60. The fourth-order valence-corrected chi connectivity index (χ4v) is 12.2. The van der Waals surface area contributed by atoms with Gasteiger partial charge in [0.1, 0.15) is 36.3 Å². The molecule has 2 aromatic carbocycles. The van der Waals surface area contributed by atoms with Gasteiger partial charge in [0.05, 0.1) is 38.5 Å². The Labute approximate surface area is 524 Å². The zero-order valence-corrected chi connectivity index (χ0v) is 52.2. The number of carboxylic acids is 1. The summed E-state index contributed by atoms with van der Waals surface area (Å²) in [5.41, 5.74) is 13.1. The summed E-state index contributed by atoms with van der Waals surface area (Å²) < 4.78 is 48.9. The number of carbonyl (C=O) groups excluding carboxylic acids is 8. The Bertz CT molecular complexity index is 2450. The van der Waals surface area contributed by atoms with Crippen molar-refractivity contribution in [3.05, 3.63) is 71.8 Å². The molecule has 4 aliphatic heterocycles. The minimum atomic E-state index is -5.08. The van der Waals surface area contributed by atoms with Crippen molar-refractivity contribution in [2.75, 3.05) is 79.9 Å². The third kappa shape index (κ3) is 21.7. The van der Waals surface area contributed by atoms with E-state index in [1.54, 1.807) is 72.4 Å². The van der Waals surface area contributed by atoms with Gasteiger partial charge in [0.2, 0.25) is 47.3 Å². The van der Waals surface area contributed by atoms with Crippen LogP contribution in [0.3, 0.4) is 0 Å². The van der Waals surface area contributed by atoms with Gasteiger partial charge in [-0.15, -0.1) is 0 Å². The summed E-state index contributed by atoms with van der Waals surface area (Å²) in [5, 5.41) is 30.9. The highest BCUT2D eigenvalue weighted by Crippen LogP contribution is 2.37. The molecule has 8 amide bonds. The molecule has 0 aromatic heterocycles. The molecule has 0 aliphatic carbocycles. The number of benzene rings is 2. The van der Waals surface area contributed by atoms with Crippen LogP contribution in [0.5, 0.6) is 0 Å². The van der Waals surface area contributed by atoms with Gasteiger partial charge >= 0.3 is 12.1 Å². The predicted molar refractivity (Wildman–Crippen MR) is 326 cm³/mol. The zero-order valence-electron chi connectivity index (χ0n) is 52.2. The van der Waals surface area contributed by atoms with E-state index in [1.807, 2.05) is 26.0 Å². The summed E-state index contributed by atoms with van der Waals surface area (Å²) in [5.74, 6) is -5.86. The molecule has 0 radical (unpaired) electrons. The second-order valence-corrected chi connectivity index (χ2v) is 22.9. The van der Waals surface area contributed by atoms with Gasteiger partial charge in [-0.1, -0.05) is 74.5 Å². The molecular formula is C62H95F3N12O13. The first-order valence-electron chi connectivity index (χ1n) is 31.5. The number of aliphatic carboxylic acids is 1. The molecule has 0 unspecified atom stereocenters. The fourth-order valence-electron chi connectivity index (χ4n) is 12.2. The number of hydrogen-bond donors (Lipinski definition) is 11. The minimum absolute atomic E-state index is 0.166. The van der Waals surface area contributed by atoms with Gasteiger partial charge < -0.3 is 83.1 Å². The van der Waals surface area contributed by atoms with Crippen LogP contribution in [-0.4, -0.2) is 203 Å². The highest BCUT2D eigenvalue weighted by Gasteiger charge is 2.50. The molecule has 2 aromatic rings. The number of carbonyl (C=O) groups is 9. The maximum absolute atomic E-state index is 14.3. The van der Waals surface area contributed by atoms with E-state index in [2.05, 4.69) is 42.5 Å². The van der Waals surface area contributed by atoms with Crippen LogP contribution in [-0.2, 0) is 57.4 Å². The molecular weight excluding hydrogens is 1180 g/mol. The molecule has 13 N–H and O–H groups in total. The van der Waals surface area contributed by atoms with E-state index in [0.29, 0.717) is 167 Å². The van der Waals surface area contributed by atoms with Gasteiger partial charge in [-0.3, -0.25) is 38.4 Å². The summed E-state index contributed by atoms with van der Waals surface area (Å²) in [6.07, 6.45) is 3.02. The van der Waals surface area contributed by atoms with E-state index in [9.17, 15) is 51.5 Å². The monoisotopic (exact) mass is 1270 g/mol. The van der Waals surface area contributed by atoms with E-state index in [-0.39, 0.29) is 47.5 Å². The summed E-state index contributed by atoms with van der Waals surface area (Å²) in [7, 11) is 3.41. The van der Waals surface area contributed by atoms with Crippen LogP contribution in [0.1, 0.15) is 127 Å². The number of likely N-dealkylation sites (N-methyl/N-ethyl adjacent to an activating group) is 2. The Morgan fingerprint density at radius 2 is 0.900 bits per heavy atom.